The van der Waals surface area contributed by atoms with E-state index in [1.165, 1.54) is 12.3 Å². The number of carbonyl (C=O) groups is 1. The first-order valence-electron chi connectivity index (χ1n) is 4.94. The van der Waals surface area contributed by atoms with Crippen molar-refractivity contribution in [2.75, 3.05) is 5.32 Å². The van der Waals surface area contributed by atoms with Gasteiger partial charge in [0, 0.05) is 25.1 Å². The van der Waals surface area contributed by atoms with Crippen molar-refractivity contribution in [2.24, 2.45) is 0 Å². The van der Waals surface area contributed by atoms with Crippen LogP contribution in [-0.2, 0) is 6.54 Å². The van der Waals surface area contributed by atoms with Gasteiger partial charge in [-0.05, 0) is 11.6 Å². The van der Waals surface area contributed by atoms with Crippen molar-refractivity contribution in [3.05, 3.63) is 48.2 Å². The fourth-order valence-electron chi connectivity index (χ4n) is 1.24. The molecule has 0 radical (unpaired) electrons. The molecule has 0 fully saturated rings. The van der Waals surface area contributed by atoms with E-state index in [2.05, 4.69) is 20.3 Å². The van der Waals surface area contributed by atoms with Gasteiger partial charge in [0.15, 0.2) is 0 Å². The van der Waals surface area contributed by atoms with Crippen LogP contribution in [0.3, 0.4) is 0 Å². The Balaban J connectivity index is 1.98. The van der Waals surface area contributed by atoms with Gasteiger partial charge >= 0.3 is 5.97 Å². The first-order chi connectivity index (χ1) is 8.25. The Labute approximate surface area is 97.4 Å². The summed E-state index contributed by atoms with van der Waals surface area (Å²) in [5.74, 6) is -0.367. The molecular weight excluding hydrogens is 220 g/mol. The average Bonchev–Trinajstić information content (AvgIpc) is 2.38. The fourth-order valence-corrected chi connectivity index (χ4v) is 1.24. The summed E-state index contributed by atoms with van der Waals surface area (Å²) in [5.41, 5.74) is 0.911. The minimum absolute atomic E-state index is 0.0354. The second-order valence-corrected chi connectivity index (χ2v) is 3.30. The molecule has 0 aliphatic carbocycles. The number of rotatable bonds is 4. The molecule has 6 heteroatoms. The van der Waals surface area contributed by atoms with Gasteiger partial charge in [-0.25, -0.2) is 14.8 Å². The van der Waals surface area contributed by atoms with E-state index in [1.54, 1.807) is 24.7 Å². The number of hydrogen-bond donors (Lipinski definition) is 2. The van der Waals surface area contributed by atoms with Gasteiger partial charge in [0.25, 0.3) is 0 Å². The predicted molar refractivity (Wildman–Crippen MR) is 60.6 cm³/mol. The van der Waals surface area contributed by atoms with Crippen LogP contribution in [0.1, 0.15) is 16.1 Å². The monoisotopic (exact) mass is 230 g/mol. The van der Waals surface area contributed by atoms with Crippen LogP contribution in [0.15, 0.2) is 36.9 Å². The summed E-state index contributed by atoms with van der Waals surface area (Å²) in [6.45, 7) is 0.519. The lowest BCUT2D eigenvalue weighted by atomic mass is 10.2. The lowest BCUT2D eigenvalue weighted by molar-refractivity contribution is 0.0690. The highest BCUT2D eigenvalue weighted by Crippen LogP contribution is 2.04. The molecule has 0 atom stereocenters. The van der Waals surface area contributed by atoms with Crippen LogP contribution in [0.4, 0.5) is 5.82 Å². The van der Waals surface area contributed by atoms with Crippen LogP contribution in [0, 0.1) is 0 Å². The van der Waals surface area contributed by atoms with E-state index in [1.807, 2.05) is 0 Å². The lowest BCUT2D eigenvalue weighted by Crippen LogP contribution is -2.04. The van der Waals surface area contributed by atoms with Crippen molar-refractivity contribution in [1.29, 1.82) is 0 Å². The SMILES string of the molecule is O=C(O)c1ccc(CNc2cnccn2)cn1. The molecule has 0 unspecified atom stereocenters. The summed E-state index contributed by atoms with van der Waals surface area (Å²) in [6, 6.07) is 3.18. The highest BCUT2D eigenvalue weighted by Gasteiger charge is 2.03. The van der Waals surface area contributed by atoms with Gasteiger partial charge in [-0.1, -0.05) is 6.07 Å². The van der Waals surface area contributed by atoms with Crippen LogP contribution in [0.25, 0.3) is 0 Å². The molecule has 2 aromatic heterocycles. The Kier molecular flexibility index (Phi) is 3.25. The first-order valence-corrected chi connectivity index (χ1v) is 4.94. The molecule has 0 amide bonds. The number of pyridine rings is 1. The number of aromatic nitrogens is 3. The Morgan fingerprint density at radius 3 is 2.71 bits per heavy atom. The van der Waals surface area contributed by atoms with Crippen molar-refractivity contribution in [3.63, 3.8) is 0 Å². The summed E-state index contributed by atoms with van der Waals surface area (Å²) in [7, 11) is 0. The number of hydrogen-bond acceptors (Lipinski definition) is 5. The molecule has 0 aliphatic rings. The van der Waals surface area contributed by atoms with Gasteiger partial charge in [-0.2, -0.15) is 0 Å². The minimum atomic E-state index is -1.03. The Hall–Kier alpha value is -2.50. The van der Waals surface area contributed by atoms with Crippen LogP contribution < -0.4 is 5.32 Å². The number of aromatic carboxylic acids is 1. The maximum absolute atomic E-state index is 10.6. The van der Waals surface area contributed by atoms with Gasteiger partial charge in [-0.3, -0.25) is 4.98 Å². The summed E-state index contributed by atoms with van der Waals surface area (Å²) in [4.78, 5) is 22.4. The molecule has 0 aliphatic heterocycles. The summed E-state index contributed by atoms with van der Waals surface area (Å²) in [5, 5.41) is 11.7. The third-order valence-electron chi connectivity index (χ3n) is 2.08. The van der Waals surface area contributed by atoms with Crippen molar-refractivity contribution >= 4 is 11.8 Å². The third-order valence-corrected chi connectivity index (χ3v) is 2.08. The van der Waals surface area contributed by atoms with Crippen molar-refractivity contribution in [3.8, 4) is 0 Å². The molecule has 17 heavy (non-hydrogen) atoms. The molecule has 6 nitrogen and oxygen atoms in total. The second-order valence-electron chi connectivity index (χ2n) is 3.30. The lowest BCUT2D eigenvalue weighted by Gasteiger charge is -2.04. The molecule has 0 bridgehead atoms. The zero-order valence-electron chi connectivity index (χ0n) is 8.87. The largest absolute Gasteiger partial charge is 0.477 e. The van der Waals surface area contributed by atoms with E-state index in [4.69, 9.17) is 5.11 Å². The number of nitrogens with one attached hydrogen (secondary N) is 1. The molecule has 0 spiro atoms. The number of anilines is 1. The van der Waals surface area contributed by atoms with Crippen LogP contribution in [0.5, 0.6) is 0 Å². The number of carboxylic acid groups (broad SMARTS) is 1. The molecule has 2 rings (SSSR count). The van der Waals surface area contributed by atoms with Crippen LogP contribution in [-0.4, -0.2) is 26.0 Å². The van der Waals surface area contributed by atoms with Crippen molar-refractivity contribution < 1.29 is 9.90 Å². The van der Waals surface area contributed by atoms with Gasteiger partial charge < -0.3 is 10.4 Å². The average molecular weight is 230 g/mol. The van der Waals surface area contributed by atoms with Gasteiger partial charge in [-0.15, -0.1) is 0 Å². The quantitative estimate of drug-likeness (QED) is 0.820. The summed E-state index contributed by atoms with van der Waals surface area (Å²) < 4.78 is 0. The van der Waals surface area contributed by atoms with Crippen molar-refractivity contribution in [2.45, 2.75) is 6.54 Å². The normalized spacial score (nSPS) is 9.88. The first kappa shape index (κ1) is 11.0. The highest BCUT2D eigenvalue weighted by molar-refractivity contribution is 5.85. The Morgan fingerprint density at radius 2 is 2.12 bits per heavy atom. The van der Waals surface area contributed by atoms with E-state index >= 15 is 0 Å². The summed E-state index contributed by atoms with van der Waals surface area (Å²) >= 11 is 0. The smallest absolute Gasteiger partial charge is 0.354 e. The van der Waals surface area contributed by atoms with Gasteiger partial charge in [0.2, 0.25) is 0 Å². The molecule has 2 heterocycles. The zero-order valence-corrected chi connectivity index (χ0v) is 8.87. The minimum Gasteiger partial charge on any atom is -0.477 e. The third kappa shape index (κ3) is 2.97. The highest BCUT2D eigenvalue weighted by atomic mass is 16.4. The molecule has 86 valence electrons. The van der Waals surface area contributed by atoms with Crippen LogP contribution >= 0.6 is 0 Å². The van der Waals surface area contributed by atoms with Gasteiger partial charge in [0.1, 0.15) is 11.5 Å². The maximum atomic E-state index is 10.6. The van der Waals surface area contributed by atoms with E-state index in [-0.39, 0.29) is 5.69 Å². The van der Waals surface area contributed by atoms with E-state index < -0.39 is 5.97 Å². The zero-order chi connectivity index (χ0) is 12.1. The molecule has 0 saturated heterocycles. The van der Waals surface area contributed by atoms with E-state index in [0.717, 1.165) is 5.56 Å². The van der Waals surface area contributed by atoms with E-state index in [9.17, 15) is 4.79 Å². The van der Waals surface area contributed by atoms with Crippen LogP contribution in [0.2, 0.25) is 0 Å². The molecule has 2 N–H and O–H groups in total. The van der Waals surface area contributed by atoms with Crippen molar-refractivity contribution in [1.82, 2.24) is 15.0 Å². The fraction of sp³-hybridized carbons (Fsp3) is 0.0909. The maximum Gasteiger partial charge on any atom is 0.354 e. The number of nitrogens with zero attached hydrogens (tertiary/aromatic N) is 3. The second kappa shape index (κ2) is 5.02. The summed E-state index contributed by atoms with van der Waals surface area (Å²) in [6.07, 6.45) is 6.31. The molecule has 0 saturated carbocycles. The van der Waals surface area contributed by atoms with E-state index in [0.29, 0.717) is 12.4 Å². The molecule has 2 aromatic rings. The topological polar surface area (TPSA) is 88.0 Å². The Bertz CT molecular complexity index is 499. The van der Waals surface area contributed by atoms with Gasteiger partial charge in [0.05, 0.1) is 6.20 Å². The number of carboxylic acids is 1. The predicted octanol–water partition coefficient (Wildman–Crippen LogP) is 1.18. The molecular formula is C11H10N4O2. The Morgan fingerprint density at radius 1 is 1.24 bits per heavy atom. The molecule has 0 aromatic carbocycles. The standard InChI is InChI=1S/C11H10N4O2/c16-11(17)9-2-1-8(5-14-9)6-15-10-7-12-3-4-13-10/h1-5,7H,6H2,(H,13,15)(H,16,17).